The minimum absolute atomic E-state index is 0.0796. The molecule has 98 valence electrons. The van der Waals surface area contributed by atoms with Gasteiger partial charge in [-0.15, -0.1) is 0 Å². The Bertz CT molecular complexity index is 694. The highest BCUT2D eigenvalue weighted by molar-refractivity contribution is 7.80. The quantitative estimate of drug-likeness (QED) is 0.829. The summed E-state index contributed by atoms with van der Waals surface area (Å²) in [4.78, 5) is 11.7. The summed E-state index contributed by atoms with van der Waals surface area (Å²) in [5.74, 6) is -0.0796. The maximum atomic E-state index is 11.7. The molecule has 1 aromatic heterocycles. The van der Waals surface area contributed by atoms with Crippen LogP contribution in [0.25, 0.3) is 10.9 Å². The lowest BCUT2D eigenvalue weighted by Gasteiger charge is -2.06. The van der Waals surface area contributed by atoms with Gasteiger partial charge in [-0.1, -0.05) is 23.7 Å². The second-order valence-corrected chi connectivity index (χ2v) is 5.44. The van der Waals surface area contributed by atoms with Crippen LogP contribution < -0.4 is 10.6 Å². The summed E-state index contributed by atoms with van der Waals surface area (Å²) in [5.41, 5.74) is 2.07. The number of aromatic nitrogens is 1. The van der Waals surface area contributed by atoms with Crippen LogP contribution in [0.2, 0.25) is 5.02 Å². The highest BCUT2D eigenvalue weighted by Gasteiger charge is 2.28. The van der Waals surface area contributed by atoms with E-state index in [4.69, 9.17) is 23.8 Å². The molecule has 0 spiro atoms. The van der Waals surface area contributed by atoms with E-state index >= 15 is 0 Å². The number of para-hydroxylation sites is 1. The second-order valence-electron chi connectivity index (χ2n) is 4.62. The Morgan fingerprint density at radius 1 is 1.47 bits per heavy atom. The van der Waals surface area contributed by atoms with Gasteiger partial charge in [0.25, 0.3) is 0 Å². The third-order valence-corrected chi connectivity index (χ3v) is 3.84. The Hall–Kier alpha value is -1.59. The average Bonchev–Trinajstić information content (AvgIpc) is 2.82. The van der Waals surface area contributed by atoms with Gasteiger partial charge in [-0.2, -0.15) is 0 Å². The molecule has 1 fully saturated rings. The molecular formula is C13H12ClN3OS. The van der Waals surface area contributed by atoms with Gasteiger partial charge in [0, 0.05) is 25.1 Å². The molecule has 0 saturated carbocycles. The van der Waals surface area contributed by atoms with Crippen molar-refractivity contribution in [1.82, 2.24) is 15.2 Å². The van der Waals surface area contributed by atoms with Gasteiger partial charge in [0.05, 0.1) is 10.5 Å². The number of benzene rings is 1. The number of aryl methyl sites for hydroxylation is 1. The SMILES string of the molecule is Cn1cc(CC2NC(=S)NC2=O)c2cccc(Cl)c21. The Kier molecular flexibility index (Phi) is 2.95. The predicted octanol–water partition coefficient (Wildman–Crippen LogP) is 1.75. The molecule has 1 saturated heterocycles. The average molecular weight is 294 g/mol. The van der Waals surface area contributed by atoms with Crippen LogP contribution in [0.4, 0.5) is 0 Å². The van der Waals surface area contributed by atoms with E-state index in [0.29, 0.717) is 16.6 Å². The molecular weight excluding hydrogens is 282 g/mol. The Labute approximate surface area is 120 Å². The number of amides is 1. The van der Waals surface area contributed by atoms with Crippen LogP contribution in [-0.2, 0) is 18.3 Å². The Morgan fingerprint density at radius 3 is 2.95 bits per heavy atom. The number of halogens is 1. The van der Waals surface area contributed by atoms with Gasteiger partial charge in [0.2, 0.25) is 5.91 Å². The van der Waals surface area contributed by atoms with Crippen LogP contribution in [-0.4, -0.2) is 21.6 Å². The third kappa shape index (κ3) is 2.09. The van der Waals surface area contributed by atoms with Crippen LogP contribution in [0.15, 0.2) is 24.4 Å². The van der Waals surface area contributed by atoms with Crippen molar-refractivity contribution in [2.24, 2.45) is 7.05 Å². The smallest absolute Gasteiger partial charge is 0.249 e. The normalized spacial score (nSPS) is 18.7. The molecule has 1 aromatic carbocycles. The van der Waals surface area contributed by atoms with Crippen LogP contribution in [0.5, 0.6) is 0 Å². The number of carbonyl (C=O) groups excluding carboxylic acids is 1. The summed E-state index contributed by atoms with van der Waals surface area (Å²) >= 11 is 11.1. The van der Waals surface area contributed by atoms with Crippen molar-refractivity contribution in [3.05, 3.63) is 35.0 Å². The fourth-order valence-electron chi connectivity index (χ4n) is 2.49. The van der Waals surface area contributed by atoms with E-state index in [1.165, 1.54) is 0 Å². The van der Waals surface area contributed by atoms with Crippen molar-refractivity contribution >= 4 is 45.7 Å². The summed E-state index contributed by atoms with van der Waals surface area (Å²) in [6.45, 7) is 0. The summed E-state index contributed by atoms with van der Waals surface area (Å²) in [6, 6.07) is 5.49. The number of fused-ring (bicyclic) bond motifs is 1. The minimum Gasteiger partial charge on any atom is -0.350 e. The zero-order valence-corrected chi connectivity index (χ0v) is 11.8. The van der Waals surface area contributed by atoms with Gasteiger partial charge >= 0.3 is 0 Å². The summed E-state index contributed by atoms with van der Waals surface area (Å²) < 4.78 is 1.98. The van der Waals surface area contributed by atoms with E-state index in [1.54, 1.807) is 0 Å². The molecule has 1 unspecified atom stereocenters. The van der Waals surface area contributed by atoms with Crippen molar-refractivity contribution in [2.45, 2.75) is 12.5 Å². The largest absolute Gasteiger partial charge is 0.350 e. The Morgan fingerprint density at radius 2 is 2.26 bits per heavy atom. The first-order valence-electron chi connectivity index (χ1n) is 5.90. The fourth-order valence-corrected chi connectivity index (χ4v) is 3.04. The highest BCUT2D eigenvalue weighted by atomic mass is 35.5. The van der Waals surface area contributed by atoms with E-state index in [0.717, 1.165) is 16.5 Å². The lowest BCUT2D eigenvalue weighted by Crippen LogP contribution is -2.30. The third-order valence-electron chi connectivity index (χ3n) is 3.32. The molecule has 19 heavy (non-hydrogen) atoms. The van der Waals surface area contributed by atoms with E-state index in [2.05, 4.69) is 10.6 Å². The fraction of sp³-hybridized carbons (Fsp3) is 0.231. The molecule has 4 nitrogen and oxygen atoms in total. The number of carbonyl (C=O) groups is 1. The number of rotatable bonds is 2. The lowest BCUT2D eigenvalue weighted by atomic mass is 10.1. The molecule has 2 aromatic rings. The number of nitrogens with zero attached hydrogens (tertiary/aromatic N) is 1. The monoisotopic (exact) mass is 293 g/mol. The molecule has 6 heteroatoms. The molecule has 1 aliphatic heterocycles. The van der Waals surface area contributed by atoms with Crippen molar-refractivity contribution in [3.8, 4) is 0 Å². The number of hydrogen-bond acceptors (Lipinski definition) is 2. The molecule has 3 rings (SSSR count). The Balaban J connectivity index is 2.00. The molecule has 1 aliphatic rings. The van der Waals surface area contributed by atoms with Crippen molar-refractivity contribution in [2.75, 3.05) is 0 Å². The summed E-state index contributed by atoms with van der Waals surface area (Å²) in [6.07, 6.45) is 2.59. The highest BCUT2D eigenvalue weighted by Crippen LogP contribution is 2.28. The predicted molar refractivity (Wildman–Crippen MR) is 79.3 cm³/mol. The summed E-state index contributed by atoms with van der Waals surface area (Å²) in [7, 11) is 1.95. The van der Waals surface area contributed by atoms with Gasteiger partial charge in [-0.05, 0) is 23.8 Å². The first-order valence-corrected chi connectivity index (χ1v) is 6.68. The molecule has 0 aliphatic carbocycles. The molecule has 2 N–H and O–H groups in total. The van der Waals surface area contributed by atoms with Crippen LogP contribution in [0, 0.1) is 0 Å². The van der Waals surface area contributed by atoms with Crippen LogP contribution in [0.1, 0.15) is 5.56 Å². The molecule has 2 heterocycles. The molecule has 0 bridgehead atoms. The second kappa shape index (κ2) is 4.51. The van der Waals surface area contributed by atoms with E-state index in [-0.39, 0.29) is 11.9 Å². The first kappa shape index (κ1) is 12.4. The zero-order chi connectivity index (χ0) is 13.6. The molecule has 1 atom stereocenters. The number of thiocarbonyl (C=S) groups is 1. The van der Waals surface area contributed by atoms with E-state index < -0.39 is 0 Å². The molecule has 1 amide bonds. The van der Waals surface area contributed by atoms with Crippen molar-refractivity contribution in [3.63, 3.8) is 0 Å². The maximum Gasteiger partial charge on any atom is 0.249 e. The van der Waals surface area contributed by atoms with Crippen LogP contribution in [0.3, 0.4) is 0 Å². The number of hydrogen-bond donors (Lipinski definition) is 2. The lowest BCUT2D eigenvalue weighted by molar-refractivity contribution is -0.120. The van der Waals surface area contributed by atoms with Crippen molar-refractivity contribution < 1.29 is 4.79 Å². The van der Waals surface area contributed by atoms with Gasteiger partial charge in [0.1, 0.15) is 6.04 Å². The van der Waals surface area contributed by atoms with E-state index in [1.807, 2.05) is 36.0 Å². The topological polar surface area (TPSA) is 46.1 Å². The first-order chi connectivity index (χ1) is 9.06. The van der Waals surface area contributed by atoms with E-state index in [9.17, 15) is 4.79 Å². The van der Waals surface area contributed by atoms with Crippen molar-refractivity contribution in [1.29, 1.82) is 0 Å². The summed E-state index contributed by atoms with van der Waals surface area (Å²) in [5, 5.41) is 7.75. The number of nitrogens with one attached hydrogen (secondary N) is 2. The van der Waals surface area contributed by atoms with Gasteiger partial charge in [-0.25, -0.2) is 0 Å². The minimum atomic E-state index is -0.308. The van der Waals surface area contributed by atoms with Gasteiger partial charge in [-0.3, -0.25) is 4.79 Å². The van der Waals surface area contributed by atoms with Gasteiger partial charge < -0.3 is 15.2 Å². The maximum absolute atomic E-state index is 11.7. The standard InChI is InChI=1S/C13H12ClN3OS/c1-17-6-7(5-10-12(18)16-13(19)15-10)8-3-2-4-9(14)11(8)17/h2-4,6,10H,5H2,1H3,(H2,15,16,18,19). The van der Waals surface area contributed by atoms with Gasteiger partial charge in [0.15, 0.2) is 5.11 Å². The van der Waals surface area contributed by atoms with Crippen LogP contribution >= 0.6 is 23.8 Å². The zero-order valence-electron chi connectivity index (χ0n) is 10.2. The molecule has 0 radical (unpaired) electrons.